The summed E-state index contributed by atoms with van der Waals surface area (Å²) in [6, 6.07) is 26.4. The number of aliphatic carboxylic acids is 1. The molecule has 5 N–H and O–H groups in total. The molecule has 5 aromatic carbocycles. The Kier molecular flexibility index (Phi) is 53.8. The van der Waals surface area contributed by atoms with Gasteiger partial charge in [-0.3, -0.25) is 44.2 Å². The summed E-state index contributed by atoms with van der Waals surface area (Å²) in [6.45, 7) is 9.91. The Morgan fingerprint density at radius 3 is 1.40 bits per heavy atom. The van der Waals surface area contributed by atoms with E-state index in [1.165, 1.54) is 115 Å². The summed E-state index contributed by atoms with van der Waals surface area (Å²) in [5, 5.41) is 40.2. The van der Waals surface area contributed by atoms with E-state index in [1.54, 1.807) is 61.5 Å². The van der Waals surface area contributed by atoms with Gasteiger partial charge in [-0.1, -0.05) is 99.3 Å². The number of Topliss-reactive ketones (excluding diaryl/α,β-unsaturated/α-hetero) is 2. The number of hydrogen-bond donors (Lipinski definition) is 4. The number of halogens is 11. The van der Waals surface area contributed by atoms with Gasteiger partial charge in [0.15, 0.2) is 17.4 Å². The van der Waals surface area contributed by atoms with Gasteiger partial charge in [-0.05, 0) is 200 Å². The number of nitrogens with two attached hydrogens (primary N) is 1. The molecule has 0 spiro atoms. The molecular weight excluding hydrogens is 1790 g/mol. The summed E-state index contributed by atoms with van der Waals surface area (Å²) in [6.07, 6.45) is 8.12. The zero-order valence-electron chi connectivity index (χ0n) is 62.3. The van der Waals surface area contributed by atoms with Crippen molar-refractivity contribution >= 4 is 172 Å². The van der Waals surface area contributed by atoms with E-state index in [-0.39, 0.29) is 156 Å². The normalized spacial score (nSPS) is 12.9. The van der Waals surface area contributed by atoms with E-state index in [4.69, 9.17) is 83.5 Å². The number of nitrogen functional groups attached to an aromatic ring is 1. The molecular formula is C78H95BrCl5F5FeN16O14. The number of carbonyl (C=O) groups excluding carboxylic acids is 5. The first-order valence-corrected chi connectivity index (χ1v) is 36.5. The zero-order chi connectivity index (χ0) is 85.2. The van der Waals surface area contributed by atoms with E-state index in [0.29, 0.717) is 71.4 Å². The Morgan fingerprint density at radius 2 is 1.00 bits per heavy atom. The van der Waals surface area contributed by atoms with Gasteiger partial charge in [0.25, 0.3) is 5.97 Å². The van der Waals surface area contributed by atoms with Crippen molar-refractivity contribution in [2.24, 2.45) is 0 Å². The molecule has 0 radical (unpaired) electrons. The number of esters is 2. The van der Waals surface area contributed by atoms with Crippen molar-refractivity contribution in [3.63, 3.8) is 0 Å². The number of rotatable bonds is 18. The number of hydrogen-bond acceptors (Lipinski definition) is 26. The molecule has 656 valence electrons. The molecule has 5 atom stereocenters. The third-order valence-electron chi connectivity index (χ3n) is 15.4. The van der Waals surface area contributed by atoms with E-state index >= 15 is 0 Å². The number of methoxy groups -OCH3 is 2. The molecule has 0 aliphatic carbocycles. The topological polar surface area (TPSA) is 402 Å². The summed E-state index contributed by atoms with van der Waals surface area (Å²) in [7, 11) is 4.27. The number of aliphatic hydroxyl groups excluding tert-OH is 1. The smallest absolute Gasteiger partial charge is 0.330 e. The number of aromatic nitrogens is 8. The fourth-order valence-electron chi connectivity index (χ4n) is 10.0. The Balaban J connectivity index is -0.00000135. The molecule has 1 amide bonds. The molecule has 0 saturated heterocycles. The standard InChI is InChI=1S/C15H14ClFN4O4.C15H14ClFN4O.C15H13ClFN3O.C11H14FNO2.C6H6FN.C5H9BrO2.C4HCl2N3O2.C2H4O2.5CH4.Fe/c1-3-11(14(22)25-2)20(10-6-4-9(17)5-7-10)13-12(21(23)24)8-18-15(16)19-13;1-3-11-14(22)20(2)12-8-18-15(16)19-13(12)21(11)10-6-4-9(17)5-7-10;1-2-12-13(21)7-9-8-18-15(16)19-14(9)20(12)11-5-3-10(17)4-6-11;1-2-10(11(15)7-14)13-9-5-3-8(12)4-6-9;7-5-1-3-6(8)4-2-5;1-3-4(6)5(7)8-2;5-3-2(9(10)11)1-7-4(6)8-3;1-2(3)4;;;;;;/h4-8,11H,3H2,1-2H3;4-8,11H,3H2,1-2H3;3-6,8,12H,2,7H2,1H3;3-6,10,13-14H,2,7H2,1H3;1-4H,8H2;4H,3H2,1-2H3;1H;1H3,(H,3,4);5*1H4;. The molecule has 11 rings (SSSR count). The number of carbonyl (C=O) groups is 6. The van der Waals surface area contributed by atoms with Crippen LogP contribution >= 0.6 is 73.9 Å². The van der Waals surface area contributed by atoms with Gasteiger partial charge in [-0.15, -0.1) is 0 Å². The number of fused-ring (bicyclic) bond motifs is 2. The number of aliphatic hydroxyl groups is 1. The molecule has 4 aromatic heterocycles. The molecule has 9 aromatic rings. The number of likely N-dealkylation sites (N-methyl/N-ethyl adjacent to an activating group) is 1. The molecule has 0 saturated carbocycles. The number of alkyl halides is 1. The number of ether oxygens (including phenoxy) is 2. The minimum Gasteiger partial charge on any atom is -0.481 e. The van der Waals surface area contributed by atoms with Crippen LogP contribution in [0.3, 0.4) is 0 Å². The van der Waals surface area contributed by atoms with Gasteiger partial charge in [0.1, 0.15) is 76.5 Å². The number of nitrogens with one attached hydrogen (secondary N) is 1. The predicted molar refractivity (Wildman–Crippen MR) is 457 cm³/mol. The van der Waals surface area contributed by atoms with Gasteiger partial charge >= 0.3 is 23.3 Å². The molecule has 30 nitrogen and oxygen atoms in total. The van der Waals surface area contributed by atoms with Crippen molar-refractivity contribution in [2.45, 2.75) is 146 Å². The second-order valence-corrected chi connectivity index (χ2v) is 25.9. The van der Waals surface area contributed by atoms with E-state index in [9.17, 15) is 66.2 Å². The minimum absolute atomic E-state index is 0. The van der Waals surface area contributed by atoms with Crippen LogP contribution in [0.15, 0.2) is 146 Å². The summed E-state index contributed by atoms with van der Waals surface area (Å²) in [5.41, 5.74) is 8.75. The molecule has 0 fully saturated rings. The summed E-state index contributed by atoms with van der Waals surface area (Å²) < 4.78 is 73.4. The maximum absolute atomic E-state index is 13.3. The number of nitrogens with zero attached hydrogens (tertiary/aromatic N) is 14. The number of benzene rings is 5. The largest absolute Gasteiger partial charge is 0.481 e. The van der Waals surface area contributed by atoms with Gasteiger partial charge in [0.05, 0.1) is 42.3 Å². The van der Waals surface area contributed by atoms with Gasteiger partial charge < -0.3 is 50.3 Å². The van der Waals surface area contributed by atoms with Crippen molar-refractivity contribution in [3.05, 3.63) is 227 Å². The Hall–Kier alpha value is -10.5. The molecule has 0 bridgehead atoms. The maximum Gasteiger partial charge on any atom is 0.330 e. The van der Waals surface area contributed by atoms with Crippen LogP contribution < -0.4 is 30.7 Å². The van der Waals surface area contributed by atoms with Crippen LogP contribution in [0.1, 0.15) is 116 Å². The summed E-state index contributed by atoms with van der Waals surface area (Å²) in [4.78, 5) is 125. The molecule has 2 aliphatic rings. The first-order valence-electron chi connectivity index (χ1n) is 33.7. The third-order valence-corrected chi connectivity index (χ3v) is 17.5. The SMILES string of the molecule is C.C.C.C.C.CC(=O)O.CCC(Br)C(=O)OC.CCC(C(=O)OC)N(c1ccc(F)cc1)c1nc(Cl)ncc1[N+](=O)[O-].CCC(Nc1ccc(F)cc1)C(=O)CO.CCC1C(=O)Cc2cnc(Cl)nc2N1c1ccc(F)cc1.CCC1C(=O)N(C)c2cnc(Cl)nc2N1c1ccc(F)cc1.Nc1ccc(F)cc1.O=[N+]([O-])c1cnc(Cl)nc1Cl.[Fe]. The quantitative estimate of drug-likeness (QED) is 0.00713. The third kappa shape index (κ3) is 34.7. The van der Waals surface area contributed by atoms with E-state index in [0.717, 1.165) is 31.3 Å². The summed E-state index contributed by atoms with van der Waals surface area (Å²) in [5.74, 6) is -2.64. The monoisotopic (exact) mass is 1880 g/mol. The molecule has 120 heavy (non-hydrogen) atoms. The summed E-state index contributed by atoms with van der Waals surface area (Å²) >= 11 is 31.4. The van der Waals surface area contributed by atoms with Crippen molar-refractivity contribution < 1.29 is 97.3 Å². The van der Waals surface area contributed by atoms with Crippen LogP contribution in [0.2, 0.25) is 26.3 Å². The van der Waals surface area contributed by atoms with Gasteiger partial charge in [-0.2, -0.15) is 19.9 Å². The Labute approximate surface area is 736 Å². The van der Waals surface area contributed by atoms with Crippen LogP contribution in [0.25, 0.3) is 0 Å². The number of carboxylic acids is 1. The van der Waals surface area contributed by atoms with Crippen LogP contribution in [0.4, 0.5) is 84.9 Å². The first-order chi connectivity index (χ1) is 54.0. The number of anilines is 9. The van der Waals surface area contributed by atoms with Crippen molar-refractivity contribution in [1.82, 2.24) is 39.9 Å². The van der Waals surface area contributed by atoms with Gasteiger partial charge in [0.2, 0.25) is 38.0 Å². The fraction of sp³-hybridized carbons (Fsp3) is 0.333. The maximum atomic E-state index is 13.3. The van der Waals surface area contributed by atoms with E-state index in [2.05, 4.69) is 65.9 Å². The predicted octanol–water partition coefficient (Wildman–Crippen LogP) is 19.0. The van der Waals surface area contributed by atoms with Crippen molar-refractivity contribution in [2.75, 3.05) is 58.5 Å². The number of amides is 1. The Morgan fingerprint density at radius 1 is 0.600 bits per heavy atom. The first kappa shape index (κ1) is 114. The van der Waals surface area contributed by atoms with Crippen LogP contribution in [-0.4, -0.2) is 152 Å². The fourth-order valence-corrected chi connectivity index (χ4v) is 11.0. The van der Waals surface area contributed by atoms with E-state index in [1.807, 2.05) is 32.6 Å². The van der Waals surface area contributed by atoms with Gasteiger partial charge in [0, 0.05) is 77.7 Å². The molecule has 5 unspecified atom stereocenters. The minimum atomic E-state index is -0.930. The second kappa shape index (κ2) is 56.9. The zero-order valence-corrected chi connectivity index (χ0v) is 68.8. The number of nitro groups is 2. The van der Waals surface area contributed by atoms with Crippen LogP contribution in [-0.2, 0) is 61.7 Å². The van der Waals surface area contributed by atoms with Crippen LogP contribution in [0, 0.1) is 49.3 Å². The second-order valence-electron chi connectivity index (χ2n) is 23.1. The van der Waals surface area contributed by atoms with Crippen molar-refractivity contribution in [3.8, 4) is 0 Å². The Bertz CT molecular complexity index is 4700. The average molecular weight is 1890 g/mol. The van der Waals surface area contributed by atoms with E-state index < -0.39 is 58.0 Å². The number of ketones is 2. The molecule has 42 heteroatoms. The average Bonchev–Trinajstić information content (AvgIpc) is 0.760. The molecule has 2 aliphatic heterocycles. The molecule has 6 heterocycles. The van der Waals surface area contributed by atoms with Gasteiger partial charge in [-0.25, -0.2) is 46.7 Å². The number of carboxylic acid groups (broad SMARTS) is 1. The van der Waals surface area contributed by atoms with Crippen molar-refractivity contribution in [1.29, 1.82) is 0 Å². The van der Waals surface area contributed by atoms with Crippen LogP contribution in [0.5, 0.6) is 0 Å².